The van der Waals surface area contributed by atoms with Crippen molar-refractivity contribution >= 4 is 15.9 Å². The molecule has 1 saturated heterocycles. The Hall–Kier alpha value is -0.0400. The maximum Gasteiger partial charge on any atom is 0.0359 e. The molecule has 2 heterocycles. The van der Waals surface area contributed by atoms with Gasteiger partial charge in [-0.25, -0.2) is 0 Å². The molecule has 2 unspecified atom stereocenters. The molecular weight excluding hydrogens is 116 g/mol. The first-order chi connectivity index (χ1) is 3.72. The van der Waals surface area contributed by atoms with Crippen LogP contribution in [0.1, 0.15) is 19.8 Å². The second kappa shape index (κ2) is 1.10. The Kier molecular flexibility index (Phi) is 0.663. The van der Waals surface area contributed by atoms with E-state index in [1.165, 1.54) is 17.7 Å². The van der Waals surface area contributed by atoms with Gasteiger partial charge in [0.1, 0.15) is 0 Å². The highest BCUT2D eigenvalue weighted by Crippen LogP contribution is 2.60. The quantitative estimate of drug-likeness (QED) is 0.436. The third-order valence-electron chi connectivity index (χ3n) is 2.02. The van der Waals surface area contributed by atoms with Gasteiger partial charge in [-0.2, -0.15) is 10.5 Å². The molecule has 0 aromatic carbocycles. The van der Waals surface area contributed by atoms with E-state index in [0.29, 0.717) is 15.2 Å². The van der Waals surface area contributed by atoms with Crippen molar-refractivity contribution in [3.05, 3.63) is 11.5 Å². The van der Waals surface area contributed by atoms with E-state index in [4.69, 9.17) is 0 Å². The van der Waals surface area contributed by atoms with Crippen LogP contribution < -0.4 is 0 Å². The standard InChI is InChI=1S/C7H10S/c1-6-3-4-7(2)5-8(6)7/h5H,1,3-4H2,2H3. The van der Waals surface area contributed by atoms with Crippen molar-refractivity contribution in [3.8, 4) is 0 Å². The first-order valence-corrected chi connectivity index (χ1v) is 4.28. The molecule has 8 heavy (non-hydrogen) atoms. The van der Waals surface area contributed by atoms with Gasteiger partial charge in [0.05, 0.1) is 0 Å². The predicted octanol–water partition coefficient (Wildman–Crippen LogP) is 2.14. The molecule has 2 atom stereocenters. The summed E-state index contributed by atoms with van der Waals surface area (Å²) in [5.74, 6) is 0. The van der Waals surface area contributed by atoms with Gasteiger partial charge in [0, 0.05) is 4.75 Å². The van der Waals surface area contributed by atoms with E-state index in [0.717, 1.165) is 0 Å². The second-order valence-corrected chi connectivity index (χ2v) is 5.23. The van der Waals surface area contributed by atoms with Crippen molar-refractivity contribution in [2.75, 3.05) is 0 Å². The van der Waals surface area contributed by atoms with Crippen molar-refractivity contribution in [2.24, 2.45) is 0 Å². The zero-order valence-electron chi connectivity index (χ0n) is 5.11. The van der Waals surface area contributed by atoms with E-state index in [9.17, 15) is 0 Å². The Morgan fingerprint density at radius 1 is 1.88 bits per heavy atom. The molecule has 0 amide bonds. The molecule has 0 aromatic heterocycles. The fourth-order valence-corrected chi connectivity index (χ4v) is 3.49. The van der Waals surface area contributed by atoms with Gasteiger partial charge in [-0.3, -0.25) is 0 Å². The lowest BCUT2D eigenvalue weighted by Gasteiger charge is -1.97. The van der Waals surface area contributed by atoms with Crippen LogP contribution in [0.2, 0.25) is 0 Å². The van der Waals surface area contributed by atoms with E-state index >= 15 is 0 Å². The molecule has 0 spiro atoms. The first kappa shape index (κ1) is 4.80. The van der Waals surface area contributed by atoms with Gasteiger partial charge in [0.25, 0.3) is 0 Å². The lowest BCUT2D eigenvalue weighted by atomic mass is 10.1. The molecule has 2 aliphatic rings. The van der Waals surface area contributed by atoms with Crippen LogP contribution in [-0.2, 0) is 0 Å². The average Bonchev–Trinajstić information content (AvgIpc) is 2.32. The van der Waals surface area contributed by atoms with E-state index in [1.807, 2.05) is 0 Å². The maximum atomic E-state index is 4.00. The van der Waals surface area contributed by atoms with Crippen LogP contribution in [0.5, 0.6) is 0 Å². The lowest BCUT2D eigenvalue weighted by Crippen LogP contribution is -2.00. The molecular formula is C7H10S. The Balaban J connectivity index is 2.35. The summed E-state index contributed by atoms with van der Waals surface area (Å²) in [7, 11) is 0.564. The Morgan fingerprint density at radius 2 is 2.62 bits per heavy atom. The van der Waals surface area contributed by atoms with Crippen LogP contribution >= 0.6 is 10.5 Å². The van der Waals surface area contributed by atoms with Crippen molar-refractivity contribution in [2.45, 2.75) is 24.5 Å². The van der Waals surface area contributed by atoms with Crippen LogP contribution in [0.25, 0.3) is 0 Å². The molecule has 0 saturated carbocycles. The molecule has 1 heteroatoms. The summed E-state index contributed by atoms with van der Waals surface area (Å²) in [6.07, 6.45) is 2.66. The van der Waals surface area contributed by atoms with Crippen LogP contribution in [-0.4, -0.2) is 10.1 Å². The van der Waals surface area contributed by atoms with Gasteiger partial charge >= 0.3 is 0 Å². The van der Waals surface area contributed by atoms with Gasteiger partial charge in [0.2, 0.25) is 0 Å². The van der Waals surface area contributed by atoms with Crippen molar-refractivity contribution in [3.63, 3.8) is 0 Å². The Bertz CT molecular complexity index is 191. The fourth-order valence-electron chi connectivity index (χ4n) is 1.30. The lowest BCUT2D eigenvalue weighted by molar-refractivity contribution is 0.800. The molecule has 0 aliphatic carbocycles. The SMILES string of the molecule is C=C1CCC2(C)C=S12. The van der Waals surface area contributed by atoms with Crippen molar-refractivity contribution in [1.82, 2.24) is 0 Å². The third kappa shape index (κ3) is 0.408. The summed E-state index contributed by atoms with van der Waals surface area (Å²) < 4.78 is 0.636. The van der Waals surface area contributed by atoms with E-state index in [2.05, 4.69) is 18.9 Å². The summed E-state index contributed by atoms with van der Waals surface area (Å²) >= 11 is 0. The largest absolute Gasteiger partial charge is 0.152 e. The van der Waals surface area contributed by atoms with Gasteiger partial charge in [-0.15, -0.1) is 0 Å². The molecule has 0 bridgehead atoms. The van der Waals surface area contributed by atoms with Crippen LogP contribution in [0.3, 0.4) is 0 Å². The molecule has 1 fully saturated rings. The monoisotopic (exact) mass is 126 g/mol. The fraction of sp³-hybridized carbons (Fsp3) is 0.571. The average molecular weight is 126 g/mol. The highest BCUT2D eigenvalue weighted by Gasteiger charge is 2.43. The third-order valence-corrected chi connectivity index (χ3v) is 4.68. The summed E-state index contributed by atoms with van der Waals surface area (Å²) in [4.78, 5) is 1.49. The molecule has 0 aromatic rings. The zero-order valence-corrected chi connectivity index (χ0v) is 5.92. The van der Waals surface area contributed by atoms with Gasteiger partial charge in [-0.1, -0.05) is 6.58 Å². The summed E-state index contributed by atoms with van der Waals surface area (Å²) in [5.41, 5.74) is 0. The van der Waals surface area contributed by atoms with Gasteiger partial charge < -0.3 is 0 Å². The number of hydrogen-bond donors (Lipinski definition) is 0. The minimum Gasteiger partial charge on any atom is -0.152 e. The maximum absolute atomic E-state index is 4.00. The van der Waals surface area contributed by atoms with E-state index in [1.54, 1.807) is 0 Å². The van der Waals surface area contributed by atoms with Crippen LogP contribution in [0.15, 0.2) is 11.5 Å². The smallest absolute Gasteiger partial charge is 0.0359 e. The summed E-state index contributed by atoms with van der Waals surface area (Å²) in [5, 5.41) is 2.44. The van der Waals surface area contributed by atoms with Crippen molar-refractivity contribution < 1.29 is 0 Å². The molecule has 0 N–H and O–H groups in total. The van der Waals surface area contributed by atoms with E-state index in [-0.39, 0.29) is 0 Å². The molecule has 44 valence electrons. The summed E-state index contributed by atoms with van der Waals surface area (Å²) in [6.45, 7) is 6.34. The predicted molar refractivity (Wildman–Crippen MR) is 40.4 cm³/mol. The molecule has 2 rings (SSSR count). The minimum atomic E-state index is 0.564. The Morgan fingerprint density at radius 3 is 2.75 bits per heavy atom. The van der Waals surface area contributed by atoms with Gasteiger partial charge in [-0.05, 0) is 30.0 Å². The number of rotatable bonds is 0. The molecule has 0 radical (unpaired) electrons. The zero-order chi connectivity index (χ0) is 5.78. The normalized spacial score (nSPS) is 50.6. The van der Waals surface area contributed by atoms with Crippen LogP contribution in [0, 0.1) is 0 Å². The first-order valence-electron chi connectivity index (χ1n) is 2.99. The number of hydrogen-bond acceptors (Lipinski definition) is 0. The second-order valence-electron chi connectivity index (χ2n) is 2.81. The molecule has 2 aliphatic heterocycles. The Labute approximate surface area is 52.5 Å². The number of fused-ring (bicyclic) bond motifs is 1. The highest BCUT2D eigenvalue weighted by molar-refractivity contribution is 8.27. The van der Waals surface area contributed by atoms with Crippen molar-refractivity contribution in [1.29, 1.82) is 0 Å². The molecule has 0 nitrogen and oxygen atoms in total. The summed E-state index contributed by atoms with van der Waals surface area (Å²) in [6, 6.07) is 0. The highest BCUT2D eigenvalue weighted by atomic mass is 32.2. The number of allylic oxidation sites excluding steroid dienone is 1. The minimum absolute atomic E-state index is 0.564. The van der Waals surface area contributed by atoms with E-state index < -0.39 is 0 Å². The topological polar surface area (TPSA) is 0 Å². The van der Waals surface area contributed by atoms with Gasteiger partial charge in [0.15, 0.2) is 0 Å². The van der Waals surface area contributed by atoms with Crippen LogP contribution in [0.4, 0.5) is 0 Å².